The van der Waals surface area contributed by atoms with Crippen LogP contribution in [0.15, 0.2) is 30.3 Å². The normalized spacial score (nSPS) is 24.3. The molecule has 23 heavy (non-hydrogen) atoms. The first-order valence-electron chi connectivity index (χ1n) is 8.44. The summed E-state index contributed by atoms with van der Waals surface area (Å²) in [5.74, 6) is -0.111. The van der Waals surface area contributed by atoms with E-state index in [0.29, 0.717) is 39.0 Å². The van der Waals surface area contributed by atoms with Gasteiger partial charge in [0.05, 0.1) is 5.41 Å². The predicted molar refractivity (Wildman–Crippen MR) is 87.0 cm³/mol. The van der Waals surface area contributed by atoms with Crippen molar-refractivity contribution in [2.24, 2.45) is 0 Å². The second kappa shape index (κ2) is 7.13. The molecular formula is C18H24N2O3. The monoisotopic (exact) mass is 316 g/mol. The molecule has 5 heteroatoms. The lowest BCUT2D eigenvalue weighted by atomic mass is 9.73. The molecule has 1 aromatic carbocycles. The quantitative estimate of drug-likeness (QED) is 0.888. The van der Waals surface area contributed by atoms with E-state index in [1.165, 1.54) is 0 Å². The van der Waals surface area contributed by atoms with Gasteiger partial charge in [-0.3, -0.25) is 9.59 Å². The Bertz CT molecular complexity index is 553. The van der Waals surface area contributed by atoms with Gasteiger partial charge in [0.2, 0.25) is 11.8 Å². The summed E-state index contributed by atoms with van der Waals surface area (Å²) in [6.07, 6.45) is 3.92. The average Bonchev–Trinajstić information content (AvgIpc) is 2.81. The van der Waals surface area contributed by atoms with E-state index in [0.717, 1.165) is 18.4 Å². The van der Waals surface area contributed by atoms with Gasteiger partial charge >= 0.3 is 0 Å². The lowest BCUT2D eigenvalue weighted by molar-refractivity contribution is -0.134. The molecule has 2 amide bonds. The van der Waals surface area contributed by atoms with Crippen molar-refractivity contribution in [1.82, 2.24) is 10.6 Å². The molecule has 0 spiro atoms. The highest BCUT2D eigenvalue weighted by Gasteiger charge is 2.42. The Morgan fingerprint density at radius 1 is 1.17 bits per heavy atom. The van der Waals surface area contributed by atoms with Gasteiger partial charge < -0.3 is 15.4 Å². The third-order valence-electron chi connectivity index (χ3n) is 4.95. The maximum absolute atomic E-state index is 13.1. The molecule has 1 atom stereocenters. The van der Waals surface area contributed by atoms with Crippen LogP contribution in [0.5, 0.6) is 0 Å². The van der Waals surface area contributed by atoms with Gasteiger partial charge in [-0.1, -0.05) is 30.3 Å². The van der Waals surface area contributed by atoms with Crippen LogP contribution in [0.3, 0.4) is 0 Å². The first kappa shape index (κ1) is 16.0. The van der Waals surface area contributed by atoms with E-state index >= 15 is 0 Å². The number of ether oxygens (including phenoxy) is 1. The lowest BCUT2D eigenvalue weighted by Gasteiger charge is -2.37. The van der Waals surface area contributed by atoms with Crippen molar-refractivity contribution in [3.63, 3.8) is 0 Å². The third kappa shape index (κ3) is 3.39. The first-order chi connectivity index (χ1) is 11.2. The van der Waals surface area contributed by atoms with E-state index in [9.17, 15) is 9.59 Å². The summed E-state index contributed by atoms with van der Waals surface area (Å²) in [5.41, 5.74) is 0.418. The minimum atomic E-state index is -0.591. The molecule has 5 nitrogen and oxygen atoms in total. The number of hydrogen-bond acceptors (Lipinski definition) is 3. The summed E-state index contributed by atoms with van der Waals surface area (Å²) in [6.45, 7) is 1.83. The molecule has 2 aliphatic heterocycles. The van der Waals surface area contributed by atoms with Crippen LogP contribution in [0.1, 0.15) is 37.7 Å². The van der Waals surface area contributed by atoms with Crippen molar-refractivity contribution in [3.8, 4) is 0 Å². The predicted octanol–water partition coefficient (Wildman–Crippen LogP) is 1.52. The summed E-state index contributed by atoms with van der Waals surface area (Å²) in [7, 11) is 0. The summed E-state index contributed by atoms with van der Waals surface area (Å²) >= 11 is 0. The Morgan fingerprint density at radius 2 is 1.91 bits per heavy atom. The first-order valence-corrected chi connectivity index (χ1v) is 8.44. The van der Waals surface area contributed by atoms with Crippen molar-refractivity contribution >= 4 is 11.8 Å². The minimum Gasteiger partial charge on any atom is -0.381 e. The van der Waals surface area contributed by atoms with Crippen LogP contribution in [-0.4, -0.2) is 37.6 Å². The van der Waals surface area contributed by atoms with Gasteiger partial charge in [-0.05, 0) is 37.7 Å². The van der Waals surface area contributed by atoms with Crippen molar-refractivity contribution in [3.05, 3.63) is 35.9 Å². The molecular weight excluding hydrogens is 292 g/mol. The largest absolute Gasteiger partial charge is 0.381 e. The lowest BCUT2D eigenvalue weighted by Crippen LogP contribution is -2.54. The molecule has 0 saturated carbocycles. The van der Waals surface area contributed by atoms with Gasteiger partial charge in [0.1, 0.15) is 6.04 Å². The van der Waals surface area contributed by atoms with Crippen LogP contribution < -0.4 is 10.6 Å². The van der Waals surface area contributed by atoms with Crippen LogP contribution in [0.25, 0.3) is 0 Å². The molecule has 2 saturated heterocycles. The number of nitrogens with one attached hydrogen (secondary N) is 2. The van der Waals surface area contributed by atoms with Crippen LogP contribution in [-0.2, 0) is 19.7 Å². The fourth-order valence-corrected chi connectivity index (χ4v) is 3.50. The number of carbonyl (C=O) groups is 2. The molecule has 2 heterocycles. The minimum absolute atomic E-state index is 0.0472. The fraction of sp³-hybridized carbons (Fsp3) is 0.556. The molecule has 2 aliphatic rings. The molecule has 0 aliphatic carbocycles. The Balaban J connectivity index is 1.82. The van der Waals surface area contributed by atoms with Gasteiger partial charge in [-0.15, -0.1) is 0 Å². The third-order valence-corrected chi connectivity index (χ3v) is 4.95. The Kier molecular flexibility index (Phi) is 4.96. The smallest absolute Gasteiger partial charge is 0.242 e. The zero-order valence-corrected chi connectivity index (χ0v) is 13.3. The number of benzene rings is 1. The van der Waals surface area contributed by atoms with Crippen LogP contribution >= 0.6 is 0 Å². The Morgan fingerprint density at radius 3 is 2.65 bits per heavy atom. The second-order valence-electron chi connectivity index (χ2n) is 6.37. The molecule has 0 unspecified atom stereocenters. The van der Waals surface area contributed by atoms with Gasteiger partial charge in [0.25, 0.3) is 0 Å². The highest BCUT2D eigenvalue weighted by molar-refractivity contribution is 5.93. The van der Waals surface area contributed by atoms with Crippen LogP contribution in [0.2, 0.25) is 0 Å². The Labute approximate surface area is 136 Å². The summed E-state index contributed by atoms with van der Waals surface area (Å²) in [4.78, 5) is 25.2. The molecule has 0 bridgehead atoms. The van der Waals surface area contributed by atoms with E-state index in [-0.39, 0.29) is 11.8 Å². The van der Waals surface area contributed by atoms with E-state index < -0.39 is 11.5 Å². The molecule has 124 valence electrons. The molecule has 0 radical (unpaired) electrons. The maximum Gasteiger partial charge on any atom is 0.242 e. The van der Waals surface area contributed by atoms with Crippen molar-refractivity contribution in [2.75, 3.05) is 19.8 Å². The fourth-order valence-electron chi connectivity index (χ4n) is 3.50. The molecule has 2 fully saturated rings. The van der Waals surface area contributed by atoms with Crippen LogP contribution in [0, 0.1) is 0 Å². The van der Waals surface area contributed by atoms with E-state index in [4.69, 9.17) is 4.74 Å². The second-order valence-corrected chi connectivity index (χ2v) is 6.37. The van der Waals surface area contributed by atoms with E-state index in [1.54, 1.807) is 0 Å². The highest BCUT2D eigenvalue weighted by atomic mass is 16.5. The number of carbonyl (C=O) groups excluding carboxylic acids is 2. The number of amides is 2. The topological polar surface area (TPSA) is 67.4 Å². The SMILES string of the molecule is O=C1NCCCC[C@@H]1NC(=O)C1(c2ccccc2)CCOCC1. The van der Waals surface area contributed by atoms with Crippen molar-refractivity contribution in [2.45, 2.75) is 43.6 Å². The number of rotatable bonds is 3. The van der Waals surface area contributed by atoms with Gasteiger partial charge in [-0.25, -0.2) is 0 Å². The van der Waals surface area contributed by atoms with E-state index in [2.05, 4.69) is 10.6 Å². The maximum atomic E-state index is 13.1. The molecule has 1 aromatic rings. The molecule has 0 aromatic heterocycles. The van der Waals surface area contributed by atoms with Gasteiger partial charge in [0.15, 0.2) is 0 Å². The zero-order chi connectivity index (χ0) is 16.1. The summed E-state index contributed by atoms with van der Waals surface area (Å²) in [6, 6.07) is 9.44. The number of hydrogen-bond donors (Lipinski definition) is 2. The highest BCUT2D eigenvalue weighted by Crippen LogP contribution is 2.35. The van der Waals surface area contributed by atoms with Crippen LogP contribution in [0.4, 0.5) is 0 Å². The van der Waals surface area contributed by atoms with Gasteiger partial charge in [-0.2, -0.15) is 0 Å². The van der Waals surface area contributed by atoms with E-state index in [1.807, 2.05) is 30.3 Å². The van der Waals surface area contributed by atoms with Gasteiger partial charge in [0, 0.05) is 19.8 Å². The zero-order valence-electron chi connectivity index (χ0n) is 13.3. The van der Waals surface area contributed by atoms with Crippen molar-refractivity contribution in [1.29, 1.82) is 0 Å². The van der Waals surface area contributed by atoms with Crippen molar-refractivity contribution < 1.29 is 14.3 Å². The summed E-state index contributed by atoms with van der Waals surface area (Å²) in [5, 5.41) is 5.89. The molecule has 2 N–H and O–H groups in total. The average molecular weight is 316 g/mol. The molecule has 3 rings (SSSR count). The standard InChI is InChI=1S/C18H24N2O3/c21-16-15(8-4-5-11-19-16)20-17(22)18(9-12-23-13-10-18)14-6-2-1-3-7-14/h1-3,6-7,15H,4-5,8-13H2,(H,19,21)(H,20,22)/t15-/m0/s1. The summed E-state index contributed by atoms with van der Waals surface area (Å²) < 4.78 is 5.47. The Hall–Kier alpha value is -1.88.